The first-order valence-corrected chi connectivity index (χ1v) is 7.09. The molecular weight excluding hydrogens is 259 g/mol. The number of hydrogen-bond donors (Lipinski definition) is 1. The fourth-order valence-electron chi connectivity index (χ4n) is 1.51. The van der Waals surface area contributed by atoms with Crippen molar-refractivity contribution in [2.75, 3.05) is 12.0 Å². The molecule has 0 amide bonds. The highest BCUT2D eigenvalue weighted by Crippen LogP contribution is 2.17. The number of nitro benzene ring substituents is 1. The van der Waals surface area contributed by atoms with Crippen molar-refractivity contribution >= 4 is 16.5 Å². The van der Waals surface area contributed by atoms with Gasteiger partial charge < -0.3 is 5.32 Å². The molecule has 18 heavy (non-hydrogen) atoms. The molecule has 0 aliphatic rings. The molecule has 0 saturated carbocycles. The van der Waals surface area contributed by atoms with Crippen molar-refractivity contribution in [3.05, 3.63) is 39.7 Å². The maximum absolute atomic E-state index is 13.3. The molecule has 0 saturated heterocycles. The molecule has 0 heterocycles. The molecule has 0 radical (unpaired) electrons. The van der Waals surface area contributed by atoms with Crippen LogP contribution >= 0.6 is 0 Å². The van der Waals surface area contributed by atoms with Crippen LogP contribution < -0.4 is 5.32 Å². The van der Waals surface area contributed by atoms with E-state index in [2.05, 4.69) is 5.32 Å². The number of nitrogens with zero attached hydrogens (tertiary/aromatic N) is 1. The molecule has 5 nitrogen and oxygen atoms in total. The van der Waals surface area contributed by atoms with Gasteiger partial charge in [-0.15, -0.1) is 0 Å². The second kappa shape index (κ2) is 6.55. The van der Waals surface area contributed by atoms with Gasteiger partial charge in [0.2, 0.25) is 5.82 Å². The molecule has 0 aliphatic carbocycles. The van der Waals surface area contributed by atoms with Crippen LogP contribution in [0, 0.1) is 15.9 Å². The Bertz CT molecular complexity index is 468. The summed E-state index contributed by atoms with van der Waals surface area (Å²) in [6, 6.07) is 3.83. The lowest BCUT2D eigenvalue weighted by Gasteiger charge is -2.12. The third-order valence-corrected chi connectivity index (χ3v) is 3.32. The molecule has 0 aromatic heterocycles. The van der Waals surface area contributed by atoms with E-state index in [-0.39, 0.29) is 6.04 Å². The number of rotatable bonds is 6. The van der Waals surface area contributed by atoms with E-state index in [0.29, 0.717) is 17.9 Å². The molecule has 0 bridgehead atoms. The smallest absolute Gasteiger partial charge is 0.304 e. The van der Waals surface area contributed by atoms with E-state index in [1.165, 1.54) is 6.07 Å². The third kappa shape index (κ3) is 4.50. The fourth-order valence-corrected chi connectivity index (χ4v) is 2.33. The number of nitrogens with one attached hydrogen (secondary N) is 1. The maximum Gasteiger partial charge on any atom is 0.304 e. The van der Waals surface area contributed by atoms with E-state index in [4.69, 9.17) is 0 Å². The molecule has 0 fully saturated rings. The Labute approximate surface area is 107 Å². The summed E-state index contributed by atoms with van der Waals surface area (Å²) < 4.78 is 24.3. The van der Waals surface area contributed by atoms with E-state index in [1.807, 2.05) is 6.92 Å². The van der Waals surface area contributed by atoms with Crippen molar-refractivity contribution in [2.45, 2.75) is 19.5 Å². The van der Waals surface area contributed by atoms with Gasteiger partial charge in [-0.05, 0) is 18.6 Å². The molecule has 0 spiro atoms. The van der Waals surface area contributed by atoms with Gasteiger partial charge in [-0.25, -0.2) is 0 Å². The van der Waals surface area contributed by atoms with Gasteiger partial charge in [0.25, 0.3) is 0 Å². The quantitative estimate of drug-likeness (QED) is 0.631. The van der Waals surface area contributed by atoms with Crippen LogP contribution in [0.25, 0.3) is 0 Å². The van der Waals surface area contributed by atoms with Crippen LogP contribution in [0.3, 0.4) is 0 Å². The first-order chi connectivity index (χ1) is 8.40. The van der Waals surface area contributed by atoms with E-state index in [9.17, 15) is 18.7 Å². The summed E-state index contributed by atoms with van der Waals surface area (Å²) in [4.78, 5) is 9.68. The van der Waals surface area contributed by atoms with E-state index >= 15 is 0 Å². The molecule has 0 aliphatic heterocycles. The normalized spacial score (nSPS) is 14.2. The van der Waals surface area contributed by atoms with Gasteiger partial charge in [0.05, 0.1) is 4.92 Å². The molecule has 2 atom stereocenters. The molecule has 7 heteroatoms. The van der Waals surface area contributed by atoms with E-state index < -0.39 is 27.2 Å². The Morgan fingerprint density at radius 1 is 1.56 bits per heavy atom. The average molecular weight is 274 g/mol. The van der Waals surface area contributed by atoms with E-state index in [0.717, 1.165) is 12.1 Å². The minimum Gasteiger partial charge on any atom is -0.309 e. The van der Waals surface area contributed by atoms with Gasteiger partial charge >= 0.3 is 5.69 Å². The first-order valence-electron chi connectivity index (χ1n) is 5.36. The maximum atomic E-state index is 13.3. The van der Waals surface area contributed by atoms with Gasteiger partial charge in [0, 0.05) is 41.5 Å². The molecule has 1 aromatic carbocycles. The van der Waals surface area contributed by atoms with Crippen molar-refractivity contribution in [2.24, 2.45) is 0 Å². The van der Waals surface area contributed by atoms with Crippen LogP contribution in [-0.4, -0.2) is 27.2 Å². The molecule has 2 unspecified atom stereocenters. The lowest BCUT2D eigenvalue weighted by atomic mass is 10.2. The number of nitro groups is 1. The molecular formula is C11H15FN2O3S. The SMILES string of the molecule is CC(CS(C)=O)NCc1ccc([N+](=O)[O-])c(F)c1. The zero-order valence-electron chi connectivity index (χ0n) is 10.2. The van der Waals surface area contributed by atoms with Crippen LogP contribution in [0.1, 0.15) is 12.5 Å². The van der Waals surface area contributed by atoms with Crippen LogP contribution in [0.2, 0.25) is 0 Å². The largest absolute Gasteiger partial charge is 0.309 e. The van der Waals surface area contributed by atoms with Crippen LogP contribution in [0.5, 0.6) is 0 Å². The zero-order chi connectivity index (χ0) is 13.7. The first kappa shape index (κ1) is 14.7. The minimum atomic E-state index is -0.894. The summed E-state index contributed by atoms with van der Waals surface area (Å²) in [6.45, 7) is 2.26. The van der Waals surface area contributed by atoms with Gasteiger partial charge in [-0.1, -0.05) is 6.07 Å². The summed E-state index contributed by atoms with van der Waals surface area (Å²) in [6.07, 6.45) is 1.61. The molecule has 100 valence electrons. The Morgan fingerprint density at radius 3 is 2.72 bits per heavy atom. The Hall–Kier alpha value is -1.34. The highest BCUT2D eigenvalue weighted by molar-refractivity contribution is 7.84. The summed E-state index contributed by atoms with van der Waals surface area (Å²) in [5, 5.41) is 13.5. The lowest BCUT2D eigenvalue weighted by molar-refractivity contribution is -0.387. The van der Waals surface area contributed by atoms with Crippen molar-refractivity contribution in [3.63, 3.8) is 0 Å². The monoisotopic (exact) mass is 274 g/mol. The van der Waals surface area contributed by atoms with Crippen LogP contribution in [0.15, 0.2) is 18.2 Å². The Kier molecular flexibility index (Phi) is 5.36. The highest BCUT2D eigenvalue weighted by atomic mass is 32.2. The molecule has 1 N–H and O–H groups in total. The lowest BCUT2D eigenvalue weighted by Crippen LogP contribution is -2.30. The van der Waals surface area contributed by atoms with Gasteiger partial charge in [0.15, 0.2) is 0 Å². The number of halogens is 1. The molecule has 1 rings (SSSR count). The van der Waals surface area contributed by atoms with Gasteiger partial charge in [0.1, 0.15) is 0 Å². The second-order valence-corrected chi connectivity index (χ2v) is 5.54. The highest BCUT2D eigenvalue weighted by Gasteiger charge is 2.13. The van der Waals surface area contributed by atoms with Gasteiger partial charge in [-0.3, -0.25) is 14.3 Å². The number of hydrogen-bond acceptors (Lipinski definition) is 4. The number of benzene rings is 1. The summed E-state index contributed by atoms with van der Waals surface area (Å²) >= 11 is 0. The van der Waals surface area contributed by atoms with Crippen molar-refractivity contribution in [1.29, 1.82) is 0 Å². The van der Waals surface area contributed by atoms with Crippen molar-refractivity contribution < 1.29 is 13.5 Å². The predicted molar refractivity (Wildman–Crippen MR) is 68.3 cm³/mol. The fraction of sp³-hybridized carbons (Fsp3) is 0.455. The minimum absolute atomic E-state index is 0.0362. The summed E-state index contributed by atoms with van der Waals surface area (Å²) in [5.41, 5.74) is 0.0910. The van der Waals surface area contributed by atoms with Crippen LogP contribution in [-0.2, 0) is 17.3 Å². The molecule has 1 aromatic rings. The Morgan fingerprint density at radius 2 is 2.22 bits per heavy atom. The van der Waals surface area contributed by atoms with Gasteiger partial charge in [-0.2, -0.15) is 4.39 Å². The Balaban J connectivity index is 2.61. The van der Waals surface area contributed by atoms with Crippen molar-refractivity contribution in [3.8, 4) is 0 Å². The topological polar surface area (TPSA) is 72.2 Å². The van der Waals surface area contributed by atoms with Crippen molar-refractivity contribution in [1.82, 2.24) is 5.32 Å². The van der Waals surface area contributed by atoms with E-state index in [1.54, 1.807) is 6.26 Å². The summed E-state index contributed by atoms with van der Waals surface area (Å²) in [5.74, 6) is -0.332. The predicted octanol–water partition coefficient (Wildman–Crippen LogP) is 1.59. The third-order valence-electron chi connectivity index (χ3n) is 2.35. The average Bonchev–Trinajstić information content (AvgIpc) is 2.25. The summed E-state index contributed by atoms with van der Waals surface area (Å²) in [7, 11) is -0.894. The van der Waals surface area contributed by atoms with Crippen LogP contribution in [0.4, 0.5) is 10.1 Å². The second-order valence-electron chi connectivity index (χ2n) is 4.06. The standard InChI is InChI=1S/C11H15FN2O3S/c1-8(7-18(2)17)13-6-9-3-4-11(14(15)16)10(12)5-9/h3-5,8,13H,6-7H2,1-2H3. The zero-order valence-corrected chi connectivity index (χ0v) is 11.0.